The quantitative estimate of drug-likeness (QED) is 0.465. The Morgan fingerprint density at radius 2 is 1.69 bits per heavy atom. The van der Waals surface area contributed by atoms with Crippen molar-refractivity contribution in [3.63, 3.8) is 0 Å². The molecule has 0 aliphatic heterocycles. The molecule has 4 nitrogen and oxygen atoms in total. The summed E-state index contributed by atoms with van der Waals surface area (Å²) >= 11 is 2.22. The van der Waals surface area contributed by atoms with E-state index in [4.69, 9.17) is 4.74 Å². The molecule has 3 rings (SSSR count). The summed E-state index contributed by atoms with van der Waals surface area (Å²) in [5, 5.41) is 4.67. The van der Waals surface area contributed by atoms with Gasteiger partial charge < -0.3 is 10.1 Å². The van der Waals surface area contributed by atoms with Crippen molar-refractivity contribution in [2.24, 2.45) is 0 Å². The van der Waals surface area contributed by atoms with Gasteiger partial charge in [0.2, 0.25) is 0 Å². The molecular formula is C21H18INO3. The van der Waals surface area contributed by atoms with E-state index in [1.165, 1.54) is 7.11 Å². The zero-order valence-electron chi connectivity index (χ0n) is 14.2. The number of carbonyl (C=O) groups excluding carboxylic acids is 2. The van der Waals surface area contributed by atoms with E-state index in [1.807, 2.05) is 60.7 Å². The molecule has 1 atom stereocenters. The lowest BCUT2D eigenvalue weighted by Crippen LogP contribution is -2.43. The normalized spacial score (nSPS) is 11.8. The van der Waals surface area contributed by atoms with Crippen molar-refractivity contribution in [3.8, 4) is 0 Å². The monoisotopic (exact) mass is 459 g/mol. The number of hydrogen-bond acceptors (Lipinski definition) is 3. The van der Waals surface area contributed by atoms with Crippen molar-refractivity contribution in [1.29, 1.82) is 0 Å². The minimum atomic E-state index is -0.748. The number of fused-ring (bicyclic) bond motifs is 1. The van der Waals surface area contributed by atoms with Crippen LogP contribution in [0.1, 0.15) is 15.9 Å². The first-order valence-corrected chi connectivity index (χ1v) is 9.28. The molecule has 1 N–H and O–H groups in total. The molecular weight excluding hydrogens is 441 g/mol. The van der Waals surface area contributed by atoms with Gasteiger partial charge in [0, 0.05) is 15.6 Å². The van der Waals surface area contributed by atoms with Crippen LogP contribution in [0.15, 0.2) is 66.7 Å². The Bertz CT molecular complexity index is 949. The van der Waals surface area contributed by atoms with Crippen LogP contribution in [0.25, 0.3) is 10.8 Å². The van der Waals surface area contributed by atoms with Crippen LogP contribution in [0.5, 0.6) is 0 Å². The highest BCUT2D eigenvalue weighted by Gasteiger charge is 2.24. The average Bonchev–Trinajstić information content (AvgIpc) is 2.67. The van der Waals surface area contributed by atoms with Gasteiger partial charge >= 0.3 is 5.97 Å². The average molecular weight is 459 g/mol. The number of methoxy groups -OCH3 is 1. The summed E-state index contributed by atoms with van der Waals surface area (Å²) < 4.78 is 5.93. The van der Waals surface area contributed by atoms with Crippen LogP contribution in [-0.4, -0.2) is 25.0 Å². The third-order valence-corrected chi connectivity index (χ3v) is 5.26. The molecule has 0 unspecified atom stereocenters. The molecule has 1 amide bonds. The number of hydrogen-bond donors (Lipinski definition) is 1. The summed E-state index contributed by atoms with van der Waals surface area (Å²) in [5.41, 5.74) is 1.53. The first kappa shape index (κ1) is 18.4. The lowest BCUT2D eigenvalue weighted by molar-refractivity contribution is -0.142. The predicted molar refractivity (Wildman–Crippen MR) is 110 cm³/mol. The maximum atomic E-state index is 12.8. The van der Waals surface area contributed by atoms with Crippen molar-refractivity contribution in [2.45, 2.75) is 12.5 Å². The van der Waals surface area contributed by atoms with Gasteiger partial charge in [0.25, 0.3) is 5.91 Å². The molecule has 132 valence electrons. The topological polar surface area (TPSA) is 55.4 Å². The van der Waals surface area contributed by atoms with E-state index in [1.54, 1.807) is 6.07 Å². The van der Waals surface area contributed by atoms with Gasteiger partial charge in [-0.1, -0.05) is 54.6 Å². The molecule has 0 aliphatic rings. The van der Waals surface area contributed by atoms with Gasteiger partial charge in [-0.05, 0) is 51.1 Å². The zero-order valence-corrected chi connectivity index (χ0v) is 16.4. The van der Waals surface area contributed by atoms with E-state index < -0.39 is 12.0 Å². The van der Waals surface area contributed by atoms with Gasteiger partial charge in [0.1, 0.15) is 6.04 Å². The Morgan fingerprint density at radius 1 is 1.00 bits per heavy atom. The van der Waals surface area contributed by atoms with Crippen LogP contribution in [0.2, 0.25) is 0 Å². The van der Waals surface area contributed by atoms with Gasteiger partial charge in [-0.2, -0.15) is 0 Å². The van der Waals surface area contributed by atoms with Crippen molar-refractivity contribution in [3.05, 3.63) is 81.4 Å². The Morgan fingerprint density at radius 3 is 2.46 bits per heavy atom. The fourth-order valence-electron chi connectivity index (χ4n) is 2.88. The SMILES string of the molecule is COC(=O)[C@@H](Cc1ccccc1I)NC(=O)c1cccc2ccccc12. The molecule has 0 spiro atoms. The van der Waals surface area contributed by atoms with E-state index in [2.05, 4.69) is 27.9 Å². The highest BCUT2D eigenvalue weighted by atomic mass is 127. The highest BCUT2D eigenvalue weighted by Crippen LogP contribution is 2.19. The predicted octanol–water partition coefficient (Wildman–Crippen LogP) is 3.96. The number of esters is 1. The third-order valence-electron chi connectivity index (χ3n) is 4.21. The standard InChI is InChI=1S/C21H18INO3/c1-26-21(25)19(13-15-8-3-5-12-18(15)22)23-20(24)17-11-6-9-14-7-2-4-10-16(14)17/h2-12,19H,13H2,1H3,(H,23,24)/t19-/m1/s1. The summed E-state index contributed by atoms with van der Waals surface area (Å²) in [6.07, 6.45) is 0.377. The van der Waals surface area contributed by atoms with Crippen LogP contribution in [-0.2, 0) is 16.0 Å². The third kappa shape index (κ3) is 4.04. The molecule has 0 saturated carbocycles. The molecule has 0 bridgehead atoms. The number of halogens is 1. The fraction of sp³-hybridized carbons (Fsp3) is 0.143. The number of rotatable bonds is 5. The van der Waals surface area contributed by atoms with E-state index in [-0.39, 0.29) is 5.91 Å². The van der Waals surface area contributed by atoms with Crippen molar-refractivity contribution in [1.82, 2.24) is 5.32 Å². The lowest BCUT2D eigenvalue weighted by Gasteiger charge is -2.18. The van der Waals surface area contributed by atoms with E-state index in [9.17, 15) is 9.59 Å². The first-order chi connectivity index (χ1) is 12.6. The summed E-state index contributed by atoms with van der Waals surface area (Å²) in [7, 11) is 1.33. The molecule has 0 radical (unpaired) electrons. The second-order valence-corrected chi connectivity index (χ2v) is 7.03. The van der Waals surface area contributed by atoms with E-state index in [0.717, 1.165) is 19.9 Å². The number of nitrogens with one attached hydrogen (secondary N) is 1. The second kappa shape index (κ2) is 8.31. The molecule has 0 heterocycles. The van der Waals surface area contributed by atoms with Crippen molar-refractivity contribution < 1.29 is 14.3 Å². The minimum absolute atomic E-state index is 0.289. The number of amides is 1. The summed E-state index contributed by atoms with van der Waals surface area (Å²) in [6, 6.07) is 20.3. The molecule has 0 aliphatic carbocycles. The summed E-state index contributed by atoms with van der Waals surface area (Å²) in [4.78, 5) is 25.1. The molecule has 5 heteroatoms. The van der Waals surface area contributed by atoms with Crippen molar-refractivity contribution in [2.75, 3.05) is 7.11 Å². The molecule has 0 fully saturated rings. The minimum Gasteiger partial charge on any atom is -0.467 e. The first-order valence-electron chi connectivity index (χ1n) is 8.20. The van der Waals surface area contributed by atoms with E-state index in [0.29, 0.717) is 12.0 Å². The fourth-order valence-corrected chi connectivity index (χ4v) is 3.49. The van der Waals surface area contributed by atoms with Crippen LogP contribution in [0.3, 0.4) is 0 Å². The van der Waals surface area contributed by atoms with Gasteiger partial charge in [0.05, 0.1) is 7.11 Å². The molecule has 0 aromatic heterocycles. The summed E-state index contributed by atoms with van der Waals surface area (Å²) in [5.74, 6) is -0.749. The van der Waals surface area contributed by atoms with Gasteiger partial charge in [-0.3, -0.25) is 4.79 Å². The highest BCUT2D eigenvalue weighted by molar-refractivity contribution is 14.1. The summed E-state index contributed by atoms with van der Waals surface area (Å²) in [6.45, 7) is 0. The number of benzene rings is 3. The Balaban J connectivity index is 1.88. The lowest BCUT2D eigenvalue weighted by atomic mass is 10.0. The Hall–Kier alpha value is -2.41. The molecule has 3 aromatic carbocycles. The number of carbonyl (C=O) groups is 2. The molecule has 0 saturated heterocycles. The largest absolute Gasteiger partial charge is 0.467 e. The Kier molecular flexibility index (Phi) is 5.88. The van der Waals surface area contributed by atoms with Crippen molar-refractivity contribution >= 4 is 45.2 Å². The van der Waals surface area contributed by atoms with Gasteiger partial charge in [-0.25, -0.2) is 4.79 Å². The zero-order chi connectivity index (χ0) is 18.5. The second-order valence-electron chi connectivity index (χ2n) is 5.87. The van der Waals surface area contributed by atoms with Crippen LogP contribution in [0, 0.1) is 3.57 Å². The van der Waals surface area contributed by atoms with Crippen LogP contribution in [0.4, 0.5) is 0 Å². The Labute approximate surface area is 165 Å². The maximum Gasteiger partial charge on any atom is 0.328 e. The van der Waals surface area contributed by atoms with Crippen LogP contribution < -0.4 is 5.32 Å². The smallest absolute Gasteiger partial charge is 0.328 e. The van der Waals surface area contributed by atoms with Gasteiger partial charge in [0.15, 0.2) is 0 Å². The molecule has 3 aromatic rings. The maximum absolute atomic E-state index is 12.8. The number of ether oxygens (including phenoxy) is 1. The molecule has 26 heavy (non-hydrogen) atoms. The van der Waals surface area contributed by atoms with Crippen LogP contribution >= 0.6 is 22.6 Å². The van der Waals surface area contributed by atoms with E-state index >= 15 is 0 Å². The van der Waals surface area contributed by atoms with Gasteiger partial charge in [-0.15, -0.1) is 0 Å².